The van der Waals surface area contributed by atoms with E-state index in [1.54, 1.807) is 7.11 Å². The average Bonchev–Trinajstić information content (AvgIpc) is 2.96. The average molecular weight is 274 g/mol. The van der Waals surface area contributed by atoms with Gasteiger partial charge in [-0.2, -0.15) is 0 Å². The third-order valence-electron chi connectivity index (χ3n) is 5.07. The van der Waals surface area contributed by atoms with E-state index in [9.17, 15) is 0 Å². The quantitative estimate of drug-likeness (QED) is 0.917. The predicted molar refractivity (Wildman–Crippen MR) is 81.7 cm³/mol. The number of methoxy groups -OCH3 is 1. The summed E-state index contributed by atoms with van der Waals surface area (Å²) in [5.74, 6) is 1.89. The van der Waals surface area contributed by atoms with E-state index in [1.165, 1.54) is 44.2 Å². The van der Waals surface area contributed by atoms with Crippen LogP contribution in [0, 0.1) is 5.92 Å². The first-order chi connectivity index (χ1) is 9.81. The lowest BCUT2D eigenvalue weighted by Crippen LogP contribution is -2.41. The molecule has 0 amide bonds. The molecule has 0 bridgehead atoms. The maximum atomic E-state index is 5.74. The minimum Gasteiger partial charge on any atom is -0.496 e. The molecule has 0 spiro atoms. The molecule has 1 saturated heterocycles. The molecular weight excluding hydrogens is 248 g/mol. The zero-order valence-corrected chi connectivity index (χ0v) is 12.5. The number of hydrogen-bond acceptors (Lipinski definition) is 3. The van der Waals surface area contributed by atoms with Crippen LogP contribution in [0.15, 0.2) is 18.2 Å². The molecule has 1 saturated carbocycles. The van der Waals surface area contributed by atoms with E-state index in [2.05, 4.69) is 23.1 Å². The molecule has 0 radical (unpaired) electrons. The molecule has 1 aliphatic heterocycles. The van der Waals surface area contributed by atoms with Gasteiger partial charge in [0.15, 0.2) is 0 Å². The summed E-state index contributed by atoms with van der Waals surface area (Å²) in [5, 5.41) is 0. The van der Waals surface area contributed by atoms with E-state index in [0.717, 1.165) is 29.8 Å². The molecule has 3 rings (SSSR count). The van der Waals surface area contributed by atoms with Gasteiger partial charge >= 0.3 is 0 Å². The number of hydrogen-bond donors (Lipinski definition) is 1. The highest BCUT2D eigenvalue weighted by Crippen LogP contribution is 2.37. The Morgan fingerprint density at radius 2 is 2.10 bits per heavy atom. The Kier molecular flexibility index (Phi) is 4.27. The maximum Gasteiger partial charge on any atom is 0.123 e. The minimum atomic E-state index is 0.540. The fourth-order valence-corrected chi connectivity index (χ4v) is 4.04. The molecule has 2 atom stereocenters. The van der Waals surface area contributed by atoms with Crippen molar-refractivity contribution in [2.24, 2.45) is 11.7 Å². The largest absolute Gasteiger partial charge is 0.496 e. The van der Waals surface area contributed by atoms with Crippen LogP contribution in [-0.4, -0.2) is 24.6 Å². The normalized spacial score (nSPS) is 26.5. The standard InChI is InChI=1S/C17H26N2O/c1-20-17-10-13(7-8-15(17)11-18)12-19-9-3-5-14-4-2-6-16(14)19/h7-8,10,14,16H,2-6,9,11-12,18H2,1H3. The van der Waals surface area contributed by atoms with Crippen LogP contribution in [0.1, 0.15) is 43.2 Å². The molecular formula is C17H26N2O. The van der Waals surface area contributed by atoms with Gasteiger partial charge in [0.25, 0.3) is 0 Å². The van der Waals surface area contributed by atoms with E-state index < -0.39 is 0 Å². The second kappa shape index (κ2) is 6.15. The molecule has 3 nitrogen and oxygen atoms in total. The summed E-state index contributed by atoms with van der Waals surface area (Å²) in [7, 11) is 1.73. The summed E-state index contributed by atoms with van der Waals surface area (Å²) in [6.45, 7) is 2.85. The van der Waals surface area contributed by atoms with Gasteiger partial charge in [-0.1, -0.05) is 18.6 Å². The van der Waals surface area contributed by atoms with Crippen molar-refractivity contribution in [2.45, 2.75) is 51.2 Å². The summed E-state index contributed by atoms with van der Waals surface area (Å²) in [6, 6.07) is 7.32. The van der Waals surface area contributed by atoms with Crippen LogP contribution < -0.4 is 10.5 Å². The van der Waals surface area contributed by atoms with Gasteiger partial charge in [0.2, 0.25) is 0 Å². The predicted octanol–water partition coefficient (Wildman–Crippen LogP) is 2.92. The van der Waals surface area contributed by atoms with Crippen LogP contribution >= 0.6 is 0 Å². The first-order valence-corrected chi connectivity index (χ1v) is 7.91. The zero-order chi connectivity index (χ0) is 13.9. The van der Waals surface area contributed by atoms with E-state index >= 15 is 0 Å². The summed E-state index contributed by atoms with van der Waals surface area (Å²) < 4.78 is 5.45. The van der Waals surface area contributed by atoms with Crippen molar-refractivity contribution in [2.75, 3.05) is 13.7 Å². The second-order valence-corrected chi connectivity index (χ2v) is 6.22. The second-order valence-electron chi connectivity index (χ2n) is 6.22. The van der Waals surface area contributed by atoms with Gasteiger partial charge in [-0.3, -0.25) is 4.90 Å². The van der Waals surface area contributed by atoms with Gasteiger partial charge in [-0.05, 0) is 49.8 Å². The van der Waals surface area contributed by atoms with Crippen molar-refractivity contribution in [3.05, 3.63) is 29.3 Å². The highest BCUT2D eigenvalue weighted by Gasteiger charge is 2.34. The molecule has 1 heterocycles. The monoisotopic (exact) mass is 274 g/mol. The highest BCUT2D eigenvalue weighted by molar-refractivity contribution is 5.37. The number of fused-ring (bicyclic) bond motifs is 1. The number of nitrogens with two attached hydrogens (primary N) is 1. The van der Waals surface area contributed by atoms with Gasteiger partial charge in [0.1, 0.15) is 5.75 Å². The van der Waals surface area contributed by atoms with E-state index in [0.29, 0.717) is 6.54 Å². The molecule has 20 heavy (non-hydrogen) atoms. The van der Waals surface area contributed by atoms with Crippen LogP contribution in [0.25, 0.3) is 0 Å². The molecule has 3 heteroatoms. The van der Waals surface area contributed by atoms with Crippen LogP contribution in [-0.2, 0) is 13.1 Å². The van der Waals surface area contributed by atoms with Crippen molar-refractivity contribution >= 4 is 0 Å². The Hall–Kier alpha value is -1.06. The highest BCUT2D eigenvalue weighted by atomic mass is 16.5. The Morgan fingerprint density at radius 3 is 2.90 bits per heavy atom. The van der Waals surface area contributed by atoms with Crippen LogP contribution in [0.3, 0.4) is 0 Å². The maximum absolute atomic E-state index is 5.74. The lowest BCUT2D eigenvalue weighted by Gasteiger charge is -2.37. The number of ether oxygens (including phenoxy) is 1. The molecule has 1 aromatic carbocycles. The first-order valence-electron chi connectivity index (χ1n) is 7.91. The molecule has 1 aromatic rings. The van der Waals surface area contributed by atoms with Crippen LogP contribution in [0.5, 0.6) is 5.75 Å². The molecule has 2 N–H and O–H groups in total. The van der Waals surface area contributed by atoms with Crippen molar-refractivity contribution < 1.29 is 4.74 Å². The molecule has 2 fully saturated rings. The van der Waals surface area contributed by atoms with E-state index in [1.807, 2.05) is 0 Å². The molecule has 0 aromatic heterocycles. The van der Waals surface area contributed by atoms with Gasteiger partial charge in [0, 0.05) is 24.7 Å². The van der Waals surface area contributed by atoms with Crippen molar-refractivity contribution in [1.29, 1.82) is 0 Å². The molecule has 2 unspecified atom stereocenters. The van der Waals surface area contributed by atoms with E-state index in [4.69, 9.17) is 10.5 Å². The summed E-state index contributed by atoms with van der Waals surface area (Å²) in [4.78, 5) is 2.69. The molecule has 1 aliphatic carbocycles. The Balaban J connectivity index is 1.73. The number of piperidine rings is 1. The topological polar surface area (TPSA) is 38.5 Å². The fraction of sp³-hybridized carbons (Fsp3) is 0.647. The molecule has 110 valence electrons. The first kappa shape index (κ1) is 13.9. The number of benzene rings is 1. The summed E-state index contributed by atoms with van der Waals surface area (Å²) >= 11 is 0. The van der Waals surface area contributed by atoms with Gasteiger partial charge in [-0.25, -0.2) is 0 Å². The van der Waals surface area contributed by atoms with E-state index in [-0.39, 0.29) is 0 Å². The van der Waals surface area contributed by atoms with Crippen molar-refractivity contribution in [3.8, 4) is 5.75 Å². The summed E-state index contributed by atoms with van der Waals surface area (Å²) in [6.07, 6.45) is 7.05. The third kappa shape index (κ3) is 2.70. The van der Waals surface area contributed by atoms with Crippen molar-refractivity contribution in [1.82, 2.24) is 4.90 Å². The Labute approximate surface area is 122 Å². The number of nitrogens with zero attached hydrogens (tertiary/aromatic N) is 1. The van der Waals surface area contributed by atoms with Gasteiger partial charge < -0.3 is 10.5 Å². The Bertz CT molecular complexity index is 460. The molecule has 2 aliphatic rings. The number of rotatable bonds is 4. The third-order valence-corrected chi connectivity index (χ3v) is 5.07. The van der Waals surface area contributed by atoms with Crippen molar-refractivity contribution in [3.63, 3.8) is 0 Å². The fourth-order valence-electron chi connectivity index (χ4n) is 4.04. The SMILES string of the molecule is COc1cc(CN2CCCC3CCCC32)ccc1CN. The van der Waals surface area contributed by atoms with Crippen LogP contribution in [0.4, 0.5) is 0 Å². The summed E-state index contributed by atoms with van der Waals surface area (Å²) in [5.41, 5.74) is 8.18. The number of likely N-dealkylation sites (tertiary alicyclic amines) is 1. The lowest BCUT2D eigenvalue weighted by molar-refractivity contribution is 0.106. The Morgan fingerprint density at radius 1 is 1.25 bits per heavy atom. The minimum absolute atomic E-state index is 0.540. The smallest absolute Gasteiger partial charge is 0.123 e. The lowest BCUT2D eigenvalue weighted by atomic mass is 9.91. The van der Waals surface area contributed by atoms with Crippen LogP contribution in [0.2, 0.25) is 0 Å². The zero-order valence-electron chi connectivity index (χ0n) is 12.5. The van der Waals surface area contributed by atoms with Gasteiger partial charge in [0.05, 0.1) is 7.11 Å². The van der Waals surface area contributed by atoms with Gasteiger partial charge in [-0.15, -0.1) is 0 Å².